The van der Waals surface area contributed by atoms with Crippen molar-refractivity contribution in [1.29, 1.82) is 0 Å². The fraction of sp³-hybridized carbons (Fsp3) is 0.417. The zero-order chi connectivity index (χ0) is 11.0. The number of carbonyl (C=O) groups excluding carboxylic acids is 1. The Morgan fingerprint density at radius 3 is 2.20 bits per heavy atom. The highest BCUT2D eigenvalue weighted by Gasteiger charge is 2.28. The van der Waals surface area contributed by atoms with E-state index in [4.69, 9.17) is 0 Å². The molecule has 0 radical (unpaired) electrons. The summed E-state index contributed by atoms with van der Waals surface area (Å²) in [5, 5.41) is 0. The minimum absolute atomic E-state index is 0.104. The number of rotatable bonds is 1. The normalized spacial score (nSPS) is 16.3. The van der Waals surface area contributed by atoms with E-state index >= 15 is 0 Å². The van der Waals surface area contributed by atoms with Gasteiger partial charge in [0.2, 0.25) is 0 Å². The molecule has 80 valence electrons. The molecule has 3 heteroatoms. The number of anilines is 1. The van der Waals surface area contributed by atoms with E-state index < -0.39 is 0 Å². The minimum atomic E-state index is 0.104. The molecule has 3 nitrogen and oxygen atoms in total. The number of aryl methyl sites for hydroxylation is 2. The number of para-hydroxylation sites is 1. The van der Waals surface area contributed by atoms with Crippen molar-refractivity contribution in [3.8, 4) is 0 Å². The van der Waals surface area contributed by atoms with Gasteiger partial charge in [0.05, 0.1) is 5.69 Å². The maximum atomic E-state index is 11.9. The molecule has 0 spiro atoms. The van der Waals surface area contributed by atoms with Gasteiger partial charge in [0.15, 0.2) is 0 Å². The van der Waals surface area contributed by atoms with E-state index in [0.29, 0.717) is 0 Å². The molecule has 1 aliphatic heterocycles. The number of hydrogen-bond donors (Lipinski definition) is 0. The molecule has 1 aliphatic rings. The van der Waals surface area contributed by atoms with Gasteiger partial charge in [0.25, 0.3) is 0 Å². The van der Waals surface area contributed by atoms with E-state index in [0.717, 1.165) is 18.8 Å². The number of nitrogens with zero attached hydrogens (tertiary/aromatic N) is 2. The van der Waals surface area contributed by atoms with Crippen LogP contribution in [0.15, 0.2) is 18.2 Å². The summed E-state index contributed by atoms with van der Waals surface area (Å²) in [5.74, 6) is 0. The molecule has 15 heavy (non-hydrogen) atoms. The first-order valence-corrected chi connectivity index (χ1v) is 5.20. The summed E-state index contributed by atoms with van der Waals surface area (Å²) in [6.07, 6.45) is 0. The van der Waals surface area contributed by atoms with E-state index in [1.165, 1.54) is 11.1 Å². The lowest BCUT2D eigenvalue weighted by Gasteiger charge is -2.20. The van der Waals surface area contributed by atoms with E-state index in [1.807, 2.05) is 44.0 Å². The third kappa shape index (κ3) is 1.58. The fourth-order valence-electron chi connectivity index (χ4n) is 2.09. The van der Waals surface area contributed by atoms with Crippen LogP contribution in [-0.2, 0) is 0 Å². The molecular formula is C12H16N2O. The van der Waals surface area contributed by atoms with Crippen LogP contribution in [0.25, 0.3) is 0 Å². The van der Waals surface area contributed by atoms with Crippen LogP contribution in [0, 0.1) is 13.8 Å². The molecule has 0 saturated carbocycles. The molecular weight excluding hydrogens is 188 g/mol. The van der Waals surface area contributed by atoms with Gasteiger partial charge in [-0.25, -0.2) is 4.79 Å². The lowest BCUT2D eigenvalue weighted by atomic mass is 10.1. The van der Waals surface area contributed by atoms with Crippen molar-refractivity contribution in [2.45, 2.75) is 13.8 Å². The van der Waals surface area contributed by atoms with Crippen LogP contribution < -0.4 is 4.90 Å². The van der Waals surface area contributed by atoms with Gasteiger partial charge in [-0.15, -0.1) is 0 Å². The number of likely N-dealkylation sites (N-methyl/N-ethyl adjacent to an activating group) is 1. The third-order valence-electron chi connectivity index (χ3n) is 2.93. The van der Waals surface area contributed by atoms with Crippen LogP contribution in [0.5, 0.6) is 0 Å². The Morgan fingerprint density at radius 2 is 1.73 bits per heavy atom. The molecule has 1 aromatic carbocycles. The summed E-state index contributed by atoms with van der Waals surface area (Å²) in [6, 6.07) is 6.23. The Labute approximate surface area is 90.3 Å². The van der Waals surface area contributed by atoms with Crippen LogP contribution in [0.3, 0.4) is 0 Å². The summed E-state index contributed by atoms with van der Waals surface area (Å²) >= 11 is 0. The second-order valence-electron chi connectivity index (χ2n) is 4.10. The number of amides is 2. The number of hydrogen-bond acceptors (Lipinski definition) is 1. The minimum Gasteiger partial charge on any atom is -0.326 e. The Bertz CT molecular complexity index is 380. The van der Waals surface area contributed by atoms with Crippen LogP contribution in [0.4, 0.5) is 10.5 Å². The van der Waals surface area contributed by atoms with E-state index in [-0.39, 0.29) is 6.03 Å². The first-order chi connectivity index (χ1) is 7.11. The monoisotopic (exact) mass is 204 g/mol. The zero-order valence-corrected chi connectivity index (χ0v) is 9.45. The predicted molar refractivity (Wildman–Crippen MR) is 61.3 cm³/mol. The van der Waals surface area contributed by atoms with Gasteiger partial charge in [0, 0.05) is 20.1 Å². The highest BCUT2D eigenvalue weighted by Crippen LogP contribution is 2.27. The van der Waals surface area contributed by atoms with Gasteiger partial charge in [-0.1, -0.05) is 18.2 Å². The summed E-state index contributed by atoms with van der Waals surface area (Å²) in [4.78, 5) is 15.5. The predicted octanol–water partition coefficient (Wildman–Crippen LogP) is 2.18. The standard InChI is InChI=1S/C12H16N2O/c1-9-5-4-6-10(2)11(9)14-8-7-13(3)12(14)15/h4-6H,7-8H2,1-3H3. The Hall–Kier alpha value is -1.51. The second-order valence-corrected chi connectivity index (χ2v) is 4.10. The van der Waals surface area contributed by atoms with Gasteiger partial charge < -0.3 is 4.90 Å². The van der Waals surface area contributed by atoms with Gasteiger partial charge in [-0.3, -0.25) is 4.90 Å². The van der Waals surface area contributed by atoms with Gasteiger partial charge in [-0.05, 0) is 25.0 Å². The molecule has 0 unspecified atom stereocenters. The molecule has 0 atom stereocenters. The maximum absolute atomic E-state index is 11.9. The SMILES string of the molecule is Cc1cccc(C)c1N1CCN(C)C1=O. The molecule has 0 bridgehead atoms. The highest BCUT2D eigenvalue weighted by molar-refractivity contribution is 5.95. The smallest absolute Gasteiger partial charge is 0.324 e. The van der Waals surface area contributed by atoms with Crippen LogP contribution in [0.1, 0.15) is 11.1 Å². The van der Waals surface area contributed by atoms with Crippen LogP contribution in [0.2, 0.25) is 0 Å². The van der Waals surface area contributed by atoms with Crippen molar-refractivity contribution < 1.29 is 4.79 Å². The molecule has 1 fully saturated rings. The molecule has 1 heterocycles. The molecule has 0 aromatic heterocycles. The Morgan fingerprint density at radius 1 is 1.13 bits per heavy atom. The van der Waals surface area contributed by atoms with Crippen molar-refractivity contribution in [1.82, 2.24) is 4.90 Å². The van der Waals surface area contributed by atoms with E-state index in [1.54, 1.807) is 4.90 Å². The summed E-state index contributed by atoms with van der Waals surface area (Å²) in [5.41, 5.74) is 3.41. The van der Waals surface area contributed by atoms with Gasteiger partial charge >= 0.3 is 6.03 Å². The van der Waals surface area contributed by atoms with Gasteiger partial charge in [-0.2, -0.15) is 0 Å². The summed E-state index contributed by atoms with van der Waals surface area (Å²) in [6.45, 7) is 5.70. The van der Waals surface area contributed by atoms with Crippen LogP contribution >= 0.6 is 0 Å². The third-order valence-corrected chi connectivity index (χ3v) is 2.93. The first kappa shape index (κ1) is 10.0. The quantitative estimate of drug-likeness (QED) is 0.687. The van der Waals surface area contributed by atoms with Gasteiger partial charge in [0.1, 0.15) is 0 Å². The van der Waals surface area contributed by atoms with Crippen molar-refractivity contribution >= 4 is 11.7 Å². The number of benzene rings is 1. The average Bonchev–Trinajstić information content (AvgIpc) is 2.49. The average molecular weight is 204 g/mol. The highest BCUT2D eigenvalue weighted by atomic mass is 16.2. The summed E-state index contributed by atoms with van der Waals surface area (Å²) in [7, 11) is 1.84. The first-order valence-electron chi connectivity index (χ1n) is 5.20. The van der Waals surface area contributed by atoms with E-state index in [9.17, 15) is 4.79 Å². The van der Waals surface area contributed by atoms with Crippen molar-refractivity contribution in [3.63, 3.8) is 0 Å². The van der Waals surface area contributed by atoms with Crippen LogP contribution in [-0.4, -0.2) is 31.1 Å². The molecule has 0 aliphatic carbocycles. The van der Waals surface area contributed by atoms with Crippen molar-refractivity contribution in [3.05, 3.63) is 29.3 Å². The molecule has 1 aromatic rings. The Kier molecular flexibility index (Phi) is 2.39. The lowest BCUT2D eigenvalue weighted by molar-refractivity contribution is 0.229. The molecule has 2 amide bonds. The largest absolute Gasteiger partial charge is 0.326 e. The topological polar surface area (TPSA) is 23.6 Å². The Balaban J connectivity index is 2.42. The van der Waals surface area contributed by atoms with E-state index in [2.05, 4.69) is 0 Å². The van der Waals surface area contributed by atoms with Crippen molar-refractivity contribution in [2.24, 2.45) is 0 Å². The lowest BCUT2D eigenvalue weighted by Crippen LogP contribution is -2.30. The second kappa shape index (κ2) is 3.57. The molecule has 0 N–H and O–H groups in total. The van der Waals surface area contributed by atoms with Crippen molar-refractivity contribution in [2.75, 3.05) is 25.0 Å². The maximum Gasteiger partial charge on any atom is 0.324 e. The molecule has 2 rings (SSSR count). The number of carbonyl (C=O) groups is 1. The summed E-state index contributed by atoms with van der Waals surface area (Å²) < 4.78 is 0. The molecule has 1 saturated heterocycles. The number of urea groups is 1. The zero-order valence-electron chi connectivity index (χ0n) is 9.45. The fourth-order valence-corrected chi connectivity index (χ4v) is 2.09.